The molecule has 1 N–H and O–H groups in total. The van der Waals surface area contributed by atoms with Crippen molar-refractivity contribution in [2.45, 2.75) is 26.8 Å². The van der Waals surface area contributed by atoms with Gasteiger partial charge in [-0.3, -0.25) is 9.69 Å². The third-order valence-electron chi connectivity index (χ3n) is 4.69. The van der Waals surface area contributed by atoms with Gasteiger partial charge in [-0.25, -0.2) is 0 Å². The highest BCUT2D eigenvalue weighted by Crippen LogP contribution is 2.30. The molecule has 0 spiro atoms. The number of carbonyl (C=O) groups is 1. The van der Waals surface area contributed by atoms with E-state index in [4.69, 9.17) is 9.47 Å². The van der Waals surface area contributed by atoms with Crippen LogP contribution in [0.25, 0.3) is 0 Å². The Labute approximate surface area is 161 Å². The van der Waals surface area contributed by atoms with Crippen LogP contribution in [-0.2, 0) is 17.8 Å². The van der Waals surface area contributed by atoms with Crippen molar-refractivity contribution < 1.29 is 14.3 Å². The summed E-state index contributed by atoms with van der Waals surface area (Å²) in [6.45, 7) is 7.14. The molecule has 0 unspecified atom stereocenters. The van der Waals surface area contributed by atoms with Crippen molar-refractivity contribution >= 4 is 5.91 Å². The summed E-state index contributed by atoms with van der Waals surface area (Å²) in [6, 6.07) is 12.4. The summed E-state index contributed by atoms with van der Waals surface area (Å²) in [6.07, 6.45) is 0.767. The predicted molar refractivity (Wildman–Crippen MR) is 106 cm³/mol. The highest BCUT2D eigenvalue weighted by atomic mass is 16.6. The highest BCUT2D eigenvalue weighted by molar-refractivity contribution is 5.78. The summed E-state index contributed by atoms with van der Waals surface area (Å²) in [7, 11) is 1.97. The Morgan fingerprint density at radius 1 is 1.07 bits per heavy atom. The quantitative estimate of drug-likeness (QED) is 0.817. The fourth-order valence-electron chi connectivity index (χ4n) is 3.26. The van der Waals surface area contributed by atoms with Crippen LogP contribution in [0.1, 0.15) is 22.3 Å². The lowest BCUT2D eigenvalue weighted by molar-refractivity contribution is -0.122. The highest BCUT2D eigenvalue weighted by Gasteiger charge is 2.12. The number of nitrogens with zero attached hydrogens (tertiary/aromatic N) is 1. The first-order chi connectivity index (χ1) is 13.0. The van der Waals surface area contributed by atoms with Gasteiger partial charge < -0.3 is 14.8 Å². The van der Waals surface area contributed by atoms with Crippen molar-refractivity contribution in [1.29, 1.82) is 0 Å². The molecule has 144 valence electrons. The monoisotopic (exact) mass is 368 g/mol. The van der Waals surface area contributed by atoms with Gasteiger partial charge in [-0.05, 0) is 56.1 Å². The Morgan fingerprint density at radius 3 is 2.63 bits per heavy atom. The number of ether oxygens (including phenoxy) is 2. The number of aryl methyl sites for hydroxylation is 2. The summed E-state index contributed by atoms with van der Waals surface area (Å²) in [5.41, 5.74) is 4.91. The second-order valence-corrected chi connectivity index (χ2v) is 7.18. The predicted octanol–water partition coefficient (Wildman–Crippen LogP) is 2.87. The van der Waals surface area contributed by atoms with E-state index in [1.54, 1.807) is 0 Å². The maximum atomic E-state index is 12.2. The minimum atomic E-state index is 0.0415. The normalized spacial score (nSPS) is 12.9. The van der Waals surface area contributed by atoms with Gasteiger partial charge >= 0.3 is 0 Å². The lowest BCUT2D eigenvalue weighted by Crippen LogP contribution is -2.36. The maximum Gasteiger partial charge on any atom is 0.234 e. The molecule has 3 rings (SSSR count). The molecule has 2 aromatic carbocycles. The zero-order valence-electron chi connectivity index (χ0n) is 16.4. The van der Waals surface area contributed by atoms with Crippen LogP contribution < -0.4 is 14.8 Å². The smallest absolute Gasteiger partial charge is 0.234 e. The van der Waals surface area contributed by atoms with Crippen LogP contribution in [-0.4, -0.2) is 44.2 Å². The van der Waals surface area contributed by atoms with E-state index in [1.807, 2.05) is 30.1 Å². The molecule has 0 aliphatic carbocycles. The number of fused-ring (bicyclic) bond motifs is 1. The zero-order chi connectivity index (χ0) is 19.2. The molecule has 2 aromatic rings. The minimum absolute atomic E-state index is 0.0415. The topological polar surface area (TPSA) is 50.8 Å². The van der Waals surface area contributed by atoms with Crippen LogP contribution in [0.15, 0.2) is 36.4 Å². The number of amides is 1. The van der Waals surface area contributed by atoms with E-state index in [0.29, 0.717) is 26.3 Å². The van der Waals surface area contributed by atoms with E-state index in [-0.39, 0.29) is 5.91 Å². The molecule has 5 nitrogen and oxygen atoms in total. The fourth-order valence-corrected chi connectivity index (χ4v) is 3.26. The van der Waals surface area contributed by atoms with Gasteiger partial charge in [0.25, 0.3) is 0 Å². The number of likely N-dealkylation sites (N-methyl/N-ethyl adjacent to an activating group) is 1. The molecule has 0 aromatic heterocycles. The molecule has 0 radical (unpaired) electrons. The van der Waals surface area contributed by atoms with Crippen molar-refractivity contribution in [2.24, 2.45) is 0 Å². The van der Waals surface area contributed by atoms with Gasteiger partial charge in [-0.15, -0.1) is 0 Å². The molecule has 0 fully saturated rings. The minimum Gasteiger partial charge on any atom is -0.486 e. The summed E-state index contributed by atoms with van der Waals surface area (Å²) in [5.74, 6) is 1.63. The Balaban J connectivity index is 1.42. The van der Waals surface area contributed by atoms with Gasteiger partial charge in [0.2, 0.25) is 5.91 Å². The van der Waals surface area contributed by atoms with Crippen molar-refractivity contribution in [3.63, 3.8) is 0 Å². The van der Waals surface area contributed by atoms with Gasteiger partial charge in [0.05, 0.1) is 6.54 Å². The van der Waals surface area contributed by atoms with E-state index in [1.165, 1.54) is 16.7 Å². The van der Waals surface area contributed by atoms with E-state index in [0.717, 1.165) is 30.0 Å². The first-order valence-electron chi connectivity index (χ1n) is 9.41. The Hall–Kier alpha value is -2.53. The number of nitrogens with one attached hydrogen (secondary N) is 1. The largest absolute Gasteiger partial charge is 0.486 e. The number of hydrogen-bond acceptors (Lipinski definition) is 4. The SMILES string of the molecule is Cc1ccc(CN(C)CC(=O)NCCc2ccc3c(c2)OCCO3)c(C)c1. The molecule has 1 aliphatic heterocycles. The molecule has 27 heavy (non-hydrogen) atoms. The van der Waals surface area contributed by atoms with E-state index in [9.17, 15) is 4.79 Å². The summed E-state index contributed by atoms with van der Waals surface area (Å²) in [5, 5.41) is 3.00. The Bertz CT molecular complexity index is 804. The third kappa shape index (κ3) is 5.47. The molecule has 0 bridgehead atoms. The van der Waals surface area contributed by atoms with Crippen molar-refractivity contribution in [1.82, 2.24) is 10.2 Å². The lowest BCUT2D eigenvalue weighted by atomic mass is 10.1. The Morgan fingerprint density at radius 2 is 1.85 bits per heavy atom. The molecule has 1 amide bonds. The van der Waals surface area contributed by atoms with Gasteiger partial charge in [0.1, 0.15) is 13.2 Å². The molecule has 0 atom stereocenters. The standard InChI is InChI=1S/C22H28N2O3/c1-16-4-6-19(17(2)12-16)14-24(3)15-22(25)23-9-8-18-5-7-20-21(13-18)27-11-10-26-20/h4-7,12-13H,8-11,14-15H2,1-3H3,(H,23,25). The van der Waals surface area contributed by atoms with Crippen molar-refractivity contribution in [2.75, 3.05) is 33.4 Å². The second-order valence-electron chi connectivity index (χ2n) is 7.18. The van der Waals surface area contributed by atoms with Crippen LogP contribution in [0.5, 0.6) is 11.5 Å². The second kappa shape index (κ2) is 8.91. The molecule has 0 saturated heterocycles. The molecule has 1 aliphatic rings. The van der Waals surface area contributed by atoms with E-state index < -0.39 is 0 Å². The Kier molecular flexibility index (Phi) is 6.35. The van der Waals surface area contributed by atoms with E-state index in [2.05, 4.69) is 37.4 Å². The van der Waals surface area contributed by atoms with Crippen LogP contribution in [0, 0.1) is 13.8 Å². The van der Waals surface area contributed by atoms with Gasteiger partial charge in [0, 0.05) is 13.1 Å². The molecule has 5 heteroatoms. The van der Waals surface area contributed by atoms with Gasteiger partial charge in [0.15, 0.2) is 11.5 Å². The average Bonchev–Trinajstić information content (AvgIpc) is 2.64. The van der Waals surface area contributed by atoms with Crippen LogP contribution in [0.4, 0.5) is 0 Å². The van der Waals surface area contributed by atoms with Crippen molar-refractivity contribution in [3.05, 3.63) is 58.7 Å². The first kappa shape index (κ1) is 19.2. The fraction of sp³-hybridized carbons (Fsp3) is 0.409. The summed E-state index contributed by atoms with van der Waals surface area (Å²) >= 11 is 0. The van der Waals surface area contributed by atoms with Crippen LogP contribution >= 0.6 is 0 Å². The maximum absolute atomic E-state index is 12.2. The zero-order valence-corrected chi connectivity index (χ0v) is 16.4. The molecular weight excluding hydrogens is 340 g/mol. The molecule has 1 heterocycles. The number of carbonyl (C=O) groups excluding carboxylic acids is 1. The summed E-state index contributed by atoms with van der Waals surface area (Å²) < 4.78 is 11.1. The summed E-state index contributed by atoms with van der Waals surface area (Å²) in [4.78, 5) is 14.2. The molecule has 0 saturated carbocycles. The van der Waals surface area contributed by atoms with E-state index >= 15 is 0 Å². The van der Waals surface area contributed by atoms with Crippen LogP contribution in [0.3, 0.4) is 0 Å². The van der Waals surface area contributed by atoms with Crippen molar-refractivity contribution in [3.8, 4) is 11.5 Å². The number of benzene rings is 2. The first-order valence-corrected chi connectivity index (χ1v) is 9.41. The van der Waals surface area contributed by atoms with Gasteiger partial charge in [-0.1, -0.05) is 29.8 Å². The van der Waals surface area contributed by atoms with Crippen LogP contribution in [0.2, 0.25) is 0 Å². The number of hydrogen-bond donors (Lipinski definition) is 1. The lowest BCUT2D eigenvalue weighted by Gasteiger charge is -2.19. The number of rotatable bonds is 7. The van der Waals surface area contributed by atoms with Gasteiger partial charge in [-0.2, -0.15) is 0 Å². The third-order valence-corrected chi connectivity index (χ3v) is 4.69. The average molecular weight is 368 g/mol. The molecular formula is C22H28N2O3.